The molecular weight excluding hydrogens is 192 g/mol. The van der Waals surface area contributed by atoms with E-state index in [2.05, 4.69) is 10.5 Å². The predicted octanol–water partition coefficient (Wildman–Crippen LogP) is 1.76. The number of rotatable bonds is 3. The van der Waals surface area contributed by atoms with Crippen molar-refractivity contribution in [2.24, 2.45) is 11.0 Å². The van der Waals surface area contributed by atoms with Crippen molar-refractivity contribution < 1.29 is 9.90 Å². The fourth-order valence-electron chi connectivity index (χ4n) is 0.922. The number of benzene rings is 1. The molecule has 80 valence electrons. The van der Waals surface area contributed by atoms with E-state index >= 15 is 0 Å². The first-order chi connectivity index (χ1) is 7.09. The topological polar surface area (TPSA) is 61.7 Å². The van der Waals surface area contributed by atoms with Crippen LogP contribution in [-0.4, -0.2) is 17.2 Å². The lowest BCUT2D eigenvalue weighted by atomic mass is 10.2. The Morgan fingerprint density at radius 3 is 2.53 bits per heavy atom. The average Bonchev–Trinajstić information content (AvgIpc) is 2.18. The lowest BCUT2D eigenvalue weighted by Gasteiger charge is -2.00. The number of nitrogens with zero attached hydrogens (tertiary/aromatic N) is 1. The maximum Gasteiger partial charge on any atom is 0.271 e. The van der Waals surface area contributed by atoms with Gasteiger partial charge in [-0.3, -0.25) is 4.79 Å². The van der Waals surface area contributed by atoms with Crippen LogP contribution in [0.5, 0.6) is 5.75 Å². The number of nitrogens with one attached hydrogen (secondary N) is 1. The summed E-state index contributed by atoms with van der Waals surface area (Å²) in [7, 11) is 0. The summed E-state index contributed by atoms with van der Waals surface area (Å²) in [6.45, 7) is 3.94. The number of phenolic OH excluding ortho intramolecular Hbond substituents is 1. The smallest absolute Gasteiger partial charge is 0.271 e. The lowest BCUT2D eigenvalue weighted by Crippen LogP contribution is -2.17. The summed E-state index contributed by atoms with van der Waals surface area (Å²) in [6, 6.07) is 5.99. The number of carbonyl (C=O) groups is 1. The predicted molar refractivity (Wildman–Crippen MR) is 58.9 cm³/mol. The van der Waals surface area contributed by atoms with Crippen molar-refractivity contribution in [2.45, 2.75) is 13.8 Å². The third kappa shape index (κ3) is 3.81. The molecular formula is C11H14N2O2. The number of hydrogen-bond acceptors (Lipinski definition) is 3. The summed E-state index contributed by atoms with van der Waals surface area (Å²) in [5.41, 5.74) is 2.87. The largest absolute Gasteiger partial charge is 0.508 e. The molecule has 0 aliphatic heterocycles. The zero-order chi connectivity index (χ0) is 11.3. The van der Waals surface area contributed by atoms with Crippen LogP contribution in [0.25, 0.3) is 0 Å². The van der Waals surface area contributed by atoms with Crippen LogP contribution in [0.15, 0.2) is 29.4 Å². The maximum atomic E-state index is 11.4. The molecule has 0 aliphatic carbocycles. The fraction of sp³-hybridized carbons (Fsp3) is 0.273. The van der Waals surface area contributed by atoms with Crippen LogP contribution >= 0.6 is 0 Å². The first-order valence-electron chi connectivity index (χ1n) is 4.72. The number of hydrogen-bond donors (Lipinski definition) is 2. The quantitative estimate of drug-likeness (QED) is 0.584. The molecule has 2 N–H and O–H groups in total. The summed E-state index contributed by atoms with van der Waals surface area (Å²) in [5, 5.41) is 12.8. The Bertz CT molecular complexity index is 355. The molecule has 0 radical (unpaired) electrons. The van der Waals surface area contributed by atoms with Gasteiger partial charge in [0, 0.05) is 11.8 Å². The molecule has 0 heterocycles. The summed E-state index contributed by atoms with van der Waals surface area (Å²) in [6.07, 6.45) is 1.65. The number of phenols is 1. The maximum absolute atomic E-state index is 11.4. The van der Waals surface area contributed by atoms with Crippen molar-refractivity contribution in [2.75, 3.05) is 0 Å². The van der Waals surface area contributed by atoms with E-state index in [9.17, 15) is 4.79 Å². The minimum Gasteiger partial charge on any atom is -0.508 e. The van der Waals surface area contributed by atoms with Crippen molar-refractivity contribution in [1.29, 1.82) is 0 Å². The van der Waals surface area contributed by atoms with Gasteiger partial charge >= 0.3 is 0 Å². The highest BCUT2D eigenvalue weighted by molar-refractivity contribution is 5.94. The second-order valence-corrected chi connectivity index (χ2v) is 3.51. The average molecular weight is 206 g/mol. The van der Waals surface area contributed by atoms with E-state index in [-0.39, 0.29) is 11.7 Å². The Morgan fingerprint density at radius 1 is 1.40 bits per heavy atom. The Hall–Kier alpha value is -1.84. The van der Waals surface area contributed by atoms with Crippen LogP contribution in [0.3, 0.4) is 0 Å². The van der Waals surface area contributed by atoms with Gasteiger partial charge in [0.15, 0.2) is 0 Å². The van der Waals surface area contributed by atoms with Crippen LogP contribution in [0.2, 0.25) is 0 Å². The minimum atomic E-state index is -0.285. The summed E-state index contributed by atoms with van der Waals surface area (Å²) < 4.78 is 0. The van der Waals surface area contributed by atoms with E-state index in [1.54, 1.807) is 6.21 Å². The summed E-state index contributed by atoms with van der Waals surface area (Å²) in [5.74, 6) is 0.147. The number of carbonyl (C=O) groups excluding carboxylic acids is 1. The molecule has 1 aromatic carbocycles. The van der Waals surface area contributed by atoms with Gasteiger partial charge in [-0.25, -0.2) is 5.43 Å². The molecule has 1 aromatic rings. The highest BCUT2D eigenvalue weighted by Crippen LogP contribution is 2.09. The second kappa shape index (κ2) is 5.14. The molecule has 0 aromatic heterocycles. The Kier molecular flexibility index (Phi) is 3.85. The highest BCUT2D eigenvalue weighted by Gasteiger charge is 2.02. The van der Waals surface area contributed by atoms with E-state index in [4.69, 9.17) is 5.11 Å². The van der Waals surface area contributed by atoms with Crippen molar-refractivity contribution in [1.82, 2.24) is 5.43 Å². The normalized spacial score (nSPS) is 10.9. The molecule has 4 nitrogen and oxygen atoms in total. The molecule has 0 unspecified atom stereocenters. The van der Waals surface area contributed by atoms with Gasteiger partial charge in [-0.1, -0.05) is 13.8 Å². The first-order valence-corrected chi connectivity index (χ1v) is 4.72. The fourth-order valence-corrected chi connectivity index (χ4v) is 0.922. The van der Waals surface area contributed by atoms with Crippen LogP contribution < -0.4 is 5.43 Å². The minimum absolute atomic E-state index is 0.136. The zero-order valence-electron chi connectivity index (χ0n) is 8.77. The molecule has 0 bridgehead atoms. The number of aromatic hydroxyl groups is 1. The number of amides is 1. The van der Waals surface area contributed by atoms with E-state index in [0.29, 0.717) is 11.5 Å². The highest BCUT2D eigenvalue weighted by atomic mass is 16.3. The van der Waals surface area contributed by atoms with Gasteiger partial charge in [0.05, 0.1) is 0 Å². The molecule has 4 heteroatoms. The van der Waals surface area contributed by atoms with Gasteiger partial charge in [-0.05, 0) is 30.2 Å². The number of hydrazone groups is 1. The Balaban J connectivity index is 2.58. The zero-order valence-corrected chi connectivity index (χ0v) is 8.77. The van der Waals surface area contributed by atoms with Gasteiger partial charge in [-0.2, -0.15) is 5.10 Å². The molecule has 0 saturated heterocycles. The molecule has 1 amide bonds. The van der Waals surface area contributed by atoms with Crippen LogP contribution in [-0.2, 0) is 0 Å². The van der Waals surface area contributed by atoms with Crippen molar-refractivity contribution >= 4 is 12.1 Å². The molecule has 0 atom stereocenters. The van der Waals surface area contributed by atoms with E-state index in [0.717, 1.165) is 0 Å². The lowest BCUT2D eigenvalue weighted by molar-refractivity contribution is 0.0955. The SMILES string of the molecule is CC(C)/C=N\NC(=O)c1ccc(O)cc1. The van der Waals surface area contributed by atoms with Gasteiger partial charge < -0.3 is 5.11 Å². The molecule has 0 fully saturated rings. The van der Waals surface area contributed by atoms with E-state index in [1.165, 1.54) is 24.3 Å². The molecule has 0 saturated carbocycles. The molecule has 15 heavy (non-hydrogen) atoms. The van der Waals surface area contributed by atoms with E-state index in [1.807, 2.05) is 13.8 Å². The Labute approximate surface area is 88.6 Å². The van der Waals surface area contributed by atoms with Gasteiger partial charge in [0.2, 0.25) is 0 Å². The monoisotopic (exact) mass is 206 g/mol. The molecule has 0 spiro atoms. The van der Waals surface area contributed by atoms with Crippen molar-refractivity contribution in [3.05, 3.63) is 29.8 Å². The third-order valence-corrected chi connectivity index (χ3v) is 1.67. The van der Waals surface area contributed by atoms with Crippen LogP contribution in [0, 0.1) is 5.92 Å². The van der Waals surface area contributed by atoms with Gasteiger partial charge in [0.25, 0.3) is 5.91 Å². The molecule has 1 rings (SSSR count). The van der Waals surface area contributed by atoms with Crippen LogP contribution in [0.1, 0.15) is 24.2 Å². The summed E-state index contributed by atoms with van der Waals surface area (Å²) >= 11 is 0. The van der Waals surface area contributed by atoms with Gasteiger partial charge in [-0.15, -0.1) is 0 Å². The van der Waals surface area contributed by atoms with Crippen LogP contribution in [0.4, 0.5) is 0 Å². The van der Waals surface area contributed by atoms with Gasteiger partial charge in [0.1, 0.15) is 5.75 Å². The standard InChI is InChI=1S/C11H14N2O2/c1-8(2)7-12-13-11(15)9-3-5-10(14)6-4-9/h3-8,14H,1-2H3,(H,13,15)/b12-7-. The van der Waals surface area contributed by atoms with Crippen molar-refractivity contribution in [3.8, 4) is 5.75 Å². The first kappa shape index (κ1) is 11.2. The molecule has 0 aliphatic rings. The Morgan fingerprint density at radius 2 is 2.00 bits per heavy atom. The van der Waals surface area contributed by atoms with Crippen molar-refractivity contribution in [3.63, 3.8) is 0 Å². The third-order valence-electron chi connectivity index (χ3n) is 1.67. The second-order valence-electron chi connectivity index (χ2n) is 3.51. The van der Waals surface area contributed by atoms with E-state index < -0.39 is 0 Å². The summed E-state index contributed by atoms with van der Waals surface area (Å²) in [4.78, 5) is 11.4.